The van der Waals surface area contributed by atoms with E-state index in [4.69, 9.17) is 45.5 Å². The van der Waals surface area contributed by atoms with Crippen molar-refractivity contribution in [2.24, 2.45) is 10.8 Å². The van der Waals surface area contributed by atoms with Crippen LogP contribution in [0.1, 0.15) is 70.3 Å². The van der Waals surface area contributed by atoms with Crippen molar-refractivity contribution < 1.29 is 33.6 Å². The van der Waals surface area contributed by atoms with Crippen LogP contribution in [-0.2, 0) is 9.47 Å². The maximum Gasteiger partial charge on any atom is 0.319 e. The summed E-state index contributed by atoms with van der Waals surface area (Å²) in [5.41, 5.74) is 0.768. The average Bonchev–Trinajstić information content (AvgIpc) is 3.79. The van der Waals surface area contributed by atoms with E-state index >= 15 is 4.39 Å². The molecule has 13 nitrogen and oxygen atoms in total. The molecule has 0 radical (unpaired) electrons. The first-order valence-corrected chi connectivity index (χ1v) is 20.1. The fourth-order valence-corrected chi connectivity index (χ4v) is 10.7. The molecule has 1 aromatic carbocycles. The van der Waals surface area contributed by atoms with Crippen LogP contribution in [0.2, 0.25) is 5.02 Å². The highest BCUT2D eigenvalue weighted by atomic mass is 35.5. The van der Waals surface area contributed by atoms with Crippen LogP contribution >= 0.6 is 11.6 Å². The van der Waals surface area contributed by atoms with Gasteiger partial charge >= 0.3 is 6.01 Å². The van der Waals surface area contributed by atoms with Gasteiger partial charge in [0.05, 0.1) is 51.3 Å². The van der Waals surface area contributed by atoms with Gasteiger partial charge in [-0.2, -0.15) is 15.1 Å². The Labute approximate surface area is 324 Å². The molecule has 0 amide bonds. The van der Waals surface area contributed by atoms with Gasteiger partial charge in [0.2, 0.25) is 5.88 Å². The number of aliphatic hydroxyl groups is 2. The van der Waals surface area contributed by atoms with Crippen molar-refractivity contribution in [2.45, 2.75) is 95.4 Å². The molecular weight excluding hydrogens is 729 g/mol. The maximum atomic E-state index is 17.4. The maximum absolute atomic E-state index is 17.4. The second-order valence-electron chi connectivity index (χ2n) is 17.1. The van der Waals surface area contributed by atoms with Gasteiger partial charge in [0.15, 0.2) is 5.82 Å². The molecule has 5 aliphatic rings. The molecule has 3 saturated heterocycles. The Hall–Kier alpha value is -3.40. The minimum atomic E-state index is -1.31. The number of rotatable bonds is 8. The zero-order valence-corrected chi connectivity index (χ0v) is 32.6. The third-order valence-corrected chi connectivity index (χ3v) is 13.8. The topological polar surface area (TPSA) is 151 Å². The Morgan fingerprint density at radius 2 is 1.93 bits per heavy atom. The number of nitrogens with zero attached hydrogens (tertiary/aromatic N) is 6. The molecule has 55 heavy (non-hydrogen) atoms. The monoisotopic (exact) mass is 779 g/mol. The molecule has 6 heterocycles. The number of fused-ring (bicyclic) bond motifs is 3. The van der Waals surface area contributed by atoms with Gasteiger partial charge in [-0.3, -0.25) is 10.00 Å². The van der Waals surface area contributed by atoms with Crippen LogP contribution in [0.5, 0.6) is 11.9 Å². The molecule has 4 unspecified atom stereocenters. The lowest BCUT2D eigenvalue weighted by atomic mass is 9.60. The number of aromatic nitrogens is 5. The van der Waals surface area contributed by atoms with Crippen LogP contribution in [0.3, 0.4) is 0 Å². The van der Waals surface area contributed by atoms with Gasteiger partial charge in [-0.15, -0.1) is 0 Å². The average molecular weight is 780 g/mol. The van der Waals surface area contributed by atoms with E-state index in [0.717, 1.165) is 64.7 Å². The van der Waals surface area contributed by atoms with Crippen LogP contribution in [0.4, 0.5) is 10.2 Å². The summed E-state index contributed by atoms with van der Waals surface area (Å²) in [6.07, 6.45) is 11.3. The summed E-state index contributed by atoms with van der Waals surface area (Å²) >= 11 is 6.66. The third kappa shape index (κ3) is 6.50. The SMILES string of the molecule is COc1nc(-c2c(C)c(Cl)cc3[nH]ncc23)c(F)c2nc(OCC34CCCC3N(C3CC5(CCOCC5)C3)CCC4)nc(N3CC(CO)OCC(C)(O)C3)c12. The molecule has 3 N–H and O–H groups in total. The molecule has 1 spiro atoms. The van der Waals surface area contributed by atoms with E-state index in [1.54, 1.807) is 24.1 Å². The minimum Gasteiger partial charge on any atom is -0.480 e. The summed E-state index contributed by atoms with van der Waals surface area (Å²) in [6, 6.07) is 2.78. The van der Waals surface area contributed by atoms with Gasteiger partial charge in [-0.1, -0.05) is 18.0 Å². The summed E-state index contributed by atoms with van der Waals surface area (Å²) in [5, 5.41) is 29.9. The number of nitrogens with one attached hydrogen (secondary N) is 1. The van der Waals surface area contributed by atoms with Gasteiger partial charge in [0.25, 0.3) is 0 Å². The molecule has 3 aromatic heterocycles. The van der Waals surface area contributed by atoms with E-state index in [2.05, 4.69) is 15.1 Å². The number of anilines is 1. The lowest BCUT2D eigenvalue weighted by Crippen LogP contribution is -2.61. The molecule has 4 atom stereocenters. The number of ether oxygens (including phenoxy) is 4. The Balaban J connectivity index is 1.12. The van der Waals surface area contributed by atoms with Gasteiger partial charge < -0.3 is 34.1 Å². The lowest BCUT2D eigenvalue weighted by Gasteiger charge is -2.58. The molecule has 2 aliphatic carbocycles. The van der Waals surface area contributed by atoms with E-state index in [9.17, 15) is 10.2 Å². The fraction of sp³-hybridized carbons (Fsp3) is 0.650. The fourth-order valence-electron chi connectivity index (χ4n) is 10.5. The molecule has 9 rings (SSSR count). The second kappa shape index (κ2) is 14.2. The van der Waals surface area contributed by atoms with Crippen molar-refractivity contribution in [3.8, 4) is 23.1 Å². The number of β-amino-alcohol motifs (C(OH)–C–C–N with tert-alkyl or cyclic N) is 1. The number of benzene rings is 1. The number of hydrogen-bond acceptors (Lipinski definition) is 12. The van der Waals surface area contributed by atoms with Gasteiger partial charge in [-0.05, 0) is 88.8 Å². The number of halogens is 2. The summed E-state index contributed by atoms with van der Waals surface area (Å²) < 4.78 is 41.5. The minimum absolute atomic E-state index is 0.0000365. The van der Waals surface area contributed by atoms with Crippen molar-refractivity contribution in [3.05, 3.63) is 28.7 Å². The van der Waals surface area contributed by atoms with Crippen molar-refractivity contribution in [1.29, 1.82) is 0 Å². The Morgan fingerprint density at radius 3 is 2.71 bits per heavy atom. The normalized spacial score (nSPS) is 28.7. The molecule has 296 valence electrons. The highest BCUT2D eigenvalue weighted by Gasteiger charge is 2.55. The second-order valence-corrected chi connectivity index (χ2v) is 17.5. The Bertz CT molecular complexity index is 2090. The molecule has 2 saturated carbocycles. The summed E-state index contributed by atoms with van der Waals surface area (Å²) in [5.74, 6) is -0.326. The number of H-pyrrole nitrogens is 1. The molecular formula is C40H51ClFN7O6. The van der Waals surface area contributed by atoms with E-state index in [-0.39, 0.29) is 66.0 Å². The number of piperidine rings is 1. The van der Waals surface area contributed by atoms with Crippen molar-refractivity contribution >= 4 is 39.2 Å². The van der Waals surface area contributed by atoms with E-state index in [1.807, 2.05) is 6.92 Å². The highest BCUT2D eigenvalue weighted by Crippen LogP contribution is 2.56. The first kappa shape index (κ1) is 37.2. The van der Waals surface area contributed by atoms with E-state index in [0.29, 0.717) is 51.2 Å². The number of methoxy groups -OCH3 is 1. The molecule has 0 bridgehead atoms. The number of hydrogen-bond donors (Lipinski definition) is 3. The Kier molecular flexibility index (Phi) is 9.61. The molecule has 3 aliphatic heterocycles. The number of likely N-dealkylation sites (tertiary alicyclic amines) is 1. The first-order chi connectivity index (χ1) is 26.5. The standard InChI is InChI=1S/C40H51ClFN7O6/c1-23-27(41)14-28-26(17-43-47-28)30(23)33-32(42)34-31(36(44-33)52-3)35(48-18-25(19-50)54-21-38(2,51)20-48)46-37(45-34)55-22-40-7-4-6-29(40)49(11-5-8-40)24-15-39(16-24)9-12-53-13-10-39/h14,17,24-25,29,50-51H,4-13,15-16,18-22H2,1-3H3,(H,43,47). The summed E-state index contributed by atoms with van der Waals surface area (Å²) in [7, 11) is 1.47. The zero-order valence-electron chi connectivity index (χ0n) is 31.9. The molecule has 5 fully saturated rings. The summed E-state index contributed by atoms with van der Waals surface area (Å²) in [6.45, 7) is 6.71. The Morgan fingerprint density at radius 1 is 1.13 bits per heavy atom. The lowest BCUT2D eigenvalue weighted by molar-refractivity contribution is -0.112. The highest BCUT2D eigenvalue weighted by molar-refractivity contribution is 6.33. The summed E-state index contributed by atoms with van der Waals surface area (Å²) in [4.78, 5) is 19.1. The smallest absolute Gasteiger partial charge is 0.319 e. The van der Waals surface area contributed by atoms with Crippen molar-refractivity contribution in [2.75, 3.05) is 64.7 Å². The number of aliphatic hydroxyl groups excluding tert-OH is 1. The predicted octanol–water partition coefficient (Wildman–Crippen LogP) is 5.60. The van der Waals surface area contributed by atoms with E-state index in [1.165, 1.54) is 20.0 Å². The quantitative estimate of drug-likeness (QED) is 0.204. The largest absolute Gasteiger partial charge is 0.480 e. The van der Waals surface area contributed by atoms with Gasteiger partial charge in [-0.25, -0.2) is 9.37 Å². The van der Waals surface area contributed by atoms with Crippen LogP contribution in [-0.4, -0.2) is 124 Å². The van der Waals surface area contributed by atoms with Crippen LogP contribution in [0.25, 0.3) is 33.1 Å². The van der Waals surface area contributed by atoms with Crippen LogP contribution in [0, 0.1) is 23.6 Å². The van der Waals surface area contributed by atoms with Gasteiger partial charge in [0.1, 0.15) is 28.0 Å². The van der Waals surface area contributed by atoms with Crippen LogP contribution < -0.4 is 14.4 Å². The molecule has 15 heteroatoms. The van der Waals surface area contributed by atoms with Crippen molar-refractivity contribution in [1.82, 2.24) is 30.0 Å². The predicted molar refractivity (Wildman–Crippen MR) is 205 cm³/mol. The first-order valence-electron chi connectivity index (χ1n) is 19.8. The number of pyridine rings is 1. The van der Waals surface area contributed by atoms with Crippen molar-refractivity contribution in [3.63, 3.8) is 0 Å². The van der Waals surface area contributed by atoms with Gasteiger partial charge in [0, 0.05) is 53.2 Å². The van der Waals surface area contributed by atoms with Crippen LogP contribution in [0.15, 0.2) is 12.3 Å². The van der Waals surface area contributed by atoms with E-state index < -0.39 is 17.5 Å². The third-order valence-electron chi connectivity index (χ3n) is 13.4. The molecule has 4 aromatic rings. The zero-order chi connectivity index (χ0) is 38.1. The number of aromatic amines is 1.